The molecule has 1 aromatic carbocycles. The summed E-state index contributed by atoms with van der Waals surface area (Å²) in [5.74, 6) is -1.63. The van der Waals surface area contributed by atoms with Crippen LogP contribution in [0.2, 0.25) is 0 Å². The van der Waals surface area contributed by atoms with Gasteiger partial charge in [-0.1, -0.05) is 25.0 Å². The molecule has 6 heteroatoms. The molecule has 0 spiro atoms. The molecule has 1 aliphatic heterocycles. The summed E-state index contributed by atoms with van der Waals surface area (Å²) in [6, 6.07) is 3.97. The topological polar surface area (TPSA) is 41.6 Å². The van der Waals surface area contributed by atoms with E-state index in [-0.39, 0.29) is 6.03 Å². The number of rotatable bonds is 3. The summed E-state index contributed by atoms with van der Waals surface area (Å²) in [6.45, 7) is 1.40. The molecular formula is C16H20F2N2O2. The van der Waals surface area contributed by atoms with Crippen molar-refractivity contribution in [3.8, 4) is 0 Å². The Hall–Kier alpha value is -1.69. The van der Waals surface area contributed by atoms with E-state index in [4.69, 9.17) is 4.84 Å². The molecule has 1 heterocycles. The number of urea groups is 1. The van der Waals surface area contributed by atoms with E-state index in [2.05, 4.69) is 5.32 Å². The quantitative estimate of drug-likeness (QED) is 0.932. The van der Waals surface area contributed by atoms with E-state index in [9.17, 15) is 13.6 Å². The molecule has 1 saturated heterocycles. The van der Waals surface area contributed by atoms with E-state index in [1.807, 2.05) is 0 Å². The highest BCUT2D eigenvalue weighted by molar-refractivity contribution is 5.73. The maximum absolute atomic E-state index is 14.2. The fourth-order valence-electron chi connectivity index (χ4n) is 3.45. The first-order valence-corrected chi connectivity index (χ1v) is 7.75. The average molecular weight is 310 g/mol. The summed E-state index contributed by atoms with van der Waals surface area (Å²) < 4.78 is 27.8. The Kier molecular flexibility index (Phi) is 4.29. The number of hydroxylamine groups is 2. The zero-order valence-corrected chi connectivity index (χ0v) is 12.4. The van der Waals surface area contributed by atoms with Gasteiger partial charge in [0.2, 0.25) is 0 Å². The summed E-state index contributed by atoms with van der Waals surface area (Å²) in [6.07, 6.45) is 4.21. The number of amides is 2. The number of hydrogen-bond acceptors (Lipinski definition) is 2. The molecule has 4 nitrogen and oxygen atoms in total. The van der Waals surface area contributed by atoms with Gasteiger partial charge < -0.3 is 5.32 Å². The lowest BCUT2D eigenvalue weighted by molar-refractivity contribution is -0.0665. The molecule has 0 bridgehead atoms. The first-order valence-electron chi connectivity index (χ1n) is 7.75. The predicted molar refractivity (Wildman–Crippen MR) is 77.2 cm³/mol. The van der Waals surface area contributed by atoms with E-state index in [0.29, 0.717) is 25.3 Å². The smallest absolute Gasteiger partial charge is 0.335 e. The number of benzene rings is 1. The van der Waals surface area contributed by atoms with E-state index in [1.54, 1.807) is 6.07 Å². The second kappa shape index (κ2) is 6.20. The van der Waals surface area contributed by atoms with Crippen LogP contribution in [0, 0.1) is 11.6 Å². The second-order valence-corrected chi connectivity index (χ2v) is 6.04. The van der Waals surface area contributed by atoms with Gasteiger partial charge in [-0.25, -0.2) is 18.6 Å². The Labute approximate surface area is 128 Å². The van der Waals surface area contributed by atoms with Crippen molar-refractivity contribution in [1.29, 1.82) is 0 Å². The third-order valence-corrected chi connectivity index (χ3v) is 4.64. The van der Waals surface area contributed by atoms with Crippen molar-refractivity contribution in [3.63, 3.8) is 0 Å². The summed E-state index contributed by atoms with van der Waals surface area (Å²) in [5, 5.41) is 4.12. The van der Waals surface area contributed by atoms with E-state index in [1.165, 1.54) is 11.1 Å². The van der Waals surface area contributed by atoms with Crippen LogP contribution in [0.3, 0.4) is 0 Å². The summed E-state index contributed by atoms with van der Waals surface area (Å²) >= 11 is 0. The van der Waals surface area contributed by atoms with Crippen LogP contribution in [0.4, 0.5) is 13.6 Å². The second-order valence-electron chi connectivity index (χ2n) is 6.04. The van der Waals surface area contributed by atoms with Gasteiger partial charge in [0.1, 0.15) is 0 Å². The standard InChI is InChI=1S/C16H20F2N2O2/c17-13-6-3-5-12(14(13)18)16(7-1-2-8-16)11-19-15(21)20-9-4-10-22-20/h3,5-6H,1-2,4,7-11H2,(H,19,21). The normalized spacial score (nSPS) is 20.4. The largest absolute Gasteiger partial charge is 0.341 e. The van der Waals surface area contributed by atoms with Gasteiger partial charge in [0, 0.05) is 12.0 Å². The minimum Gasteiger partial charge on any atom is -0.335 e. The lowest BCUT2D eigenvalue weighted by Gasteiger charge is -2.31. The lowest BCUT2D eigenvalue weighted by atomic mass is 9.78. The van der Waals surface area contributed by atoms with Crippen LogP contribution in [0.1, 0.15) is 37.7 Å². The SMILES string of the molecule is O=C(NCC1(c2cccc(F)c2F)CCCC1)N1CCCO1. The van der Waals surface area contributed by atoms with Gasteiger partial charge >= 0.3 is 6.03 Å². The number of nitrogens with zero attached hydrogens (tertiary/aromatic N) is 1. The van der Waals surface area contributed by atoms with Gasteiger partial charge in [-0.05, 0) is 30.9 Å². The molecule has 1 aliphatic carbocycles. The molecule has 0 aromatic heterocycles. The van der Waals surface area contributed by atoms with Crippen LogP contribution in [-0.2, 0) is 10.3 Å². The lowest BCUT2D eigenvalue weighted by Crippen LogP contribution is -2.44. The number of hydrogen-bond donors (Lipinski definition) is 1. The molecule has 0 unspecified atom stereocenters. The van der Waals surface area contributed by atoms with E-state index >= 15 is 0 Å². The van der Waals surface area contributed by atoms with E-state index in [0.717, 1.165) is 38.2 Å². The average Bonchev–Trinajstić information content (AvgIpc) is 3.19. The Morgan fingerprint density at radius 1 is 1.27 bits per heavy atom. The van der Waals surface area contributed by atoms with Crippen molar-refractivity contribution in [2.75, 3.05) is 19.7 Å². The molecule has 0 atom stereocenters. The van der Waals surface area contributed by atoms with Crippen molar-refractivity contribution >= 4 is 6.03 Å². The molecular weight excluding hydrogens is 290 g/mol. The van der Waals surface area contributed by atoms with Gasteiger partial charge in [0.25, 0.3) is 0 Å². The minimum atomic E-state index is -0.835. The highest BCUT2D eigenvalue weighted by Crippen LogP contribution is 2.42. The van der Waals surface area contributed by atoms with Crippen LogP contribution >= 0.6 is 0 Å². The van der Waals surface area contributed by atoms with Crippen molar-refractivity contribution in [2.24, 2.45) is 0 Å². The molecule has 120 valence electrons. The Balaban J connectivity index is 1.77. The summed E-state index contributed by atoms with van der Waals surface area (Å²) in [7, 11) is 0. The maximum Gasteiger partial charge on any atom is 0.341 e. The Morgan fingerprint density at radius 3 is 2.73 bits per heavy atom. The van der Waals surface area contributed by atoms with Gasteiger partial charge in [-0.3, -0.25) is 4.84 Å². The molecule has 0 radical (unpaired) electrons. The maximum atomic E-state index is 14.2. The third kappa shape index (κ3) is 2.79. The van der Waals surface area contributed by atoms with Crippen molar-refractivity contribution in [2.45, 2.75) is 37.5 Å². The fourth-order valence-corrected chi connectivity index (χ4v) is 3.45. The number of nitrogens with one attached hydrogen (secondary N) is 1. The third-order valence-electron chi connectivity index (χ3n) is 4.64. The molecule has 2 aliphatic rings. The molecule has 1 aromatic rings. The number of halogens is 2. The van der Waals surface area contributed by atoms with Crippen LogP contribution < -0.4 is 5.32 Å². The van der Waals surface area contributed by atoms with Gasteiger partial charge in [-0.2, -0.15) is 0 Å². The van der Waals surface area contributed by atoms with Crippen LogP contribution in [0.15, 0.2) is 18.2 Å². The van der Waals surface area contributed by atoms with Crippen molar-refractivity contribution in [3.05, 3.63) is 35.4 Å². The number of carbonyl (C=O) groups excluding carboxylic acids is 1. The fraction of sp³-hybridized carbons (Fsp3) is 0.562. The van der Waals surface area contributed by atoms with Gasteiger partial charge in [0.15, 0.2) is 11.6 Å². The van der Waals surface area contributed by atoms with Crippen molar-refractivity contribution in [1.82, 2.24) is 10.4 Å². The molecule has 22 heavy (non-hydrogen) atoms. The number of carbonyl (C=O) groups is 1. The van der Waals surface area contributed by atoms with Crippen LogP contribution in [0.5, 0.6) is 0 Å². The highest BCUT2D eigenvalue weighted by Gasteiger charge is 2.39. The first-order chi connectivity index (χ1) is 10.6. The molecule has 2 amide bonds. The molecule has 3 rings (SSSR count). The van der Waals surface area contributed by atoms with Gasteiger partial charge in [0.05, 0.1) is 13.2 Å². The monoisotopic (exact) mass is 310 g/mol. The Bertz CT molecular complexity index is 553. The van der Waals surface area contributed by atoms with Crippen LogP contribution in [-0.4, -0.2) is 30.8 Å². The minimum absolute atomic E-state index is 0.298. The molecule has 1 saturated carbocycles. The predicted octanol–water partition coefficient (Wildman–Crippen LogP) is 3.12. The highest BCUT2D eigenvalue weighted by atomic mass is 19.2. The Morgan fingerprint density at radius 2 is 2.05 bits per heavy atom. The van der Waals surface area contributed by atoms with E-state index < -0.39 is 17.0 Å². The summed E-state index contributed by atoms with van der Waals surface area (Å²) in [4.78, 5) is 17.2. The first kappa shape index (κ1) is 15.2. The van der Waals surface area contributed by atoms with Crippen LogP contribution in [0.25, 0.3) is 0 Å². The molecule has 1 N–H and O–H groups in total. The zero-order valence-electron chi connectivity index (χ0n) is 12.4. The van der Waals surface area contributed by atoms with Crippen molar-refractivity contribution < 1.29 is 18.4 Å². The summed E-state index contributed by atoms with van der Waals surface area (Å²) in [5.41, 5.74) is -0.158. The zero-order chi connectivity index (χ0) is 15.6. The van der Waals surface area contributed by atoms with Gasteiger partial charge in [-0.15, -0.1) is 0 Å². The molecule has 2 fully saturated rings.